The molecule has 1 radical (unpaired) electrons. The topological polar surface area (TPSA) is 43.9 Å². The van der Waals surface area contributed by atoms with Crippen molar-refractivity contribution in [2.75, 3.05) is 0 Å². The molecule has 3 heterocycles. The molecule has 3 aromatic heterocycles. The van der Waals surface area contributed by atoms with Gasteiger partial charge in [0, 0.05) is 46.9 Å². The van der Waals surface area contributed by atoms with E-state index in [1.54, 1.807) is 12.1 Å². The van der Waals surface area contributed by atoms with E-state index in [4.69, 9.17) is 13.5 Å². The van der Waals surface area contributed by atoms with Crippen molar-refractivity contribution in [2.24, 2.45) is 0 Å². The molecule has 0 N–H and O–H groups in total. The largest absolute Gasteiger partial charge is 0.501 e. The molecular weight excluding hydrogens is 1050 g/mol. The van der Waals surface area contributed by atoms with E-state index in [-0.39, 0.29) is 31.9 Å². The summed E-state index contributed by atoms with van der Waals surface area (Å²) in [7, 11) is -1.34. The molecule has 12 aromatic rings. The van der Waals surface area contributed by atoms with Crippen molar-refractivity contribution in [2.45, 2.75) is 66.0 Å². The zero-order valence-electron chi connectivity index (χ0n) is 43.5. The fourth-order valence-corrected chi connectivity index (χ4v) is 10.9. The monoisotopic (exact) mass is 1110 g/mol. The Labute approximate surface area is 429 Å². The van der Waals surface area contributed by atoms with Crippen molar-refractivity contribution >= 4 is 78.5 Å². The van der Waals surface area contributed by atoms with Gasteiger partial charge >= 0.3 is 0 Å². The van der Waals surface area contributed by atoms with Gasteiger partial charge in [0.25, 0.3) is 0 Å². The van der Waals surface area contributed by atoms with Gasteiger partial charge in [-0.3, -0.25) is 4.98 Å². The van der Waals surface area contributed by atoms with Gasteiger partial charge in [-0.25, -0.2) is 0 Å². The summed E-state index contributed by atoms with van der Waals surface area (Å²) in [6.45, 7) is 14.0. The van der Waals surface area contributed by atoms with E-state index in [0.717, 1.165) is 55.6 Å². The van der Waals surface area contributed by atoms with E-state index < -0.39 is 14.9 Å². The van der Waals surface area contributed by atoms with E-state index >= 15 is 0 Å². The van der Waals surface area contributed by atoms with Crippen LogP contribution in [0.3, 0.4) is 0 Å². The van der Waals surface area contributed by atoms with Gasteiger partial charge in [0.05, 0.1) is 30.5 Å². The molecule has 4 nitrogen and oxygen atoms in total. The van der Waals surface area contributed by atoms with Crippen LogP contribution in [0.15, 0.2) is 180 Å². The summed E-state index contributed by atoms with van der Waals surface area (Å²) in [5.74, 6) is 1.34. The summed E-state index contributed by atoms with van der Waals surface area (Å²) in [5, 5.41) is 10.7. The van der Waals surface area contributed by atoms with Gasteiger partial charge < -0.3 is 14.0 Å². The number of aromatic nitrogens is 3. The van der Waals surface area contributed by atoms with Crippen LogP contribution in [0.1, 0.15) is 60.3 Å². The Morgan fingerprint density at radius 2 is 1.30 bits per heavy atom. The molecule has 0 saturated carbocycles. The molecule has 9 aromatic carbocycles. The number of nitrogens with zero attached hydrogens (tertiary/aromatic N) is 3. The second-order valence-electron chi connectivity index (χ2n) is 19.8. The first kappa shape index (κ1) is 43.1. The molecular formula is C64H55IrN3OSi-2. The minimum absolute atomic E-state index is 0. The number of benzene rings is 9. The summed E-state index contributed by atoms with van der Waals surface area (Å²) >= 11 is 0. The fourth-order valence-electron chi connectivity index (χ4n) is 9.83. The van der Waals surface area contributed by atoms with Crippen molar-refractivity contribution < 1.29 is 28.6 Å². The second kappa shape index (κ2) is 18.8. The Bertz CT molecular complexity index is 3920. The number of hydrogen-bond acceptors (Lipinski definition) is 3. The van der Waals surface area contributed by atoms with Crippen molar-refractivity contribution in [3.8, 4) is 39.5 Å². The van der Waals surface area contributed by atoms with E-state index in [0.29, 0.717) is 5.56 Å². The first-order valence-electron chi connectivity index (χ1n) is 25.4. The summed E-state index contributed by atoms with van der Waals surface area (Å²) in [6, 6.07) is 65.8. The normalized spacial score (nSPS) is 12.7. The number of furan rings is 1. The summed E-state index contributed by atoms with van der Waals surface area (Å²) in [4.78, 5) is 9.95. The molecule has 0 aliphatic heterocycles. The van der Waals surface area contributed by atoms with Gasteiger partial charge in [0.1, 0.15) is 5.58 Å². The fraction of sp³-hybridized carbons (Fsp3) is 0.156. The first-order valence-corrected chi connectivity index (χ1v) is 27.4. The summed E-state index contributed by atoms with van der Waals surface area (Å²) < 4.78 is 31.4. The predicted octanol–water partition coefficient (Wildman–Crippen LogP) is 17.2. The smallest absolute Gasteiger partial charge is 0.121 e. The molecule has 0 fully saturated rings. The number of pyridine rings is 1. The average Bonchev–Trinajstić information content (AvgIpc) is 3.96. The minimum atomic E-state index is -2.08. The molecule has 70 heavy (non-hydrogen) atoms. The summed E-state index contributed by atoms with van der Waals surface area (Å²) in [6.07, 6.45) is 1.92. The Hall–Kier alpha value is -6.95. The van der Waals surface area contributed by atoms with Gasteiger partial charge in [0.2, 0.25) is 0 Å². The number of imidazole rings is 1. The van der Waals surface area contributed by atoms with E-state index in [2.05, 4.69) is 209 Å². The third-order valence-electron chi connectivity index (χ3n) is 13.5. The van der Waals surface area contributed by atoms with Crippen LogP contribution >= 0.6 is 0 Å². The number of aryl methyl sites for hydroxylation is 1. The average molecular weight is 1110 g/mol. The molecule has 0 saturated heterocycles. The van der Waals surface area contributed by atoms with Crippen LogP contribution in [0.4, 0.5) is 0 Å². The second-order valence-corrected chi connectivity index (χ2v) is 24.9. The standard InChI is InChI=1S/C49H37N2O.C15H18NSi.Ir/c1-29(2)40-26-35(31-13-6-5-7-14-31)27-41(30(3)4)46(40)51-47-37-18-11-9-16-33(37)23-24-44(47)50-49(51)39-20-12-19-38-43-25-34-22-21-32-15-8-10-17-36(32)42(34)28-45(43)52-48(38)39;1-12-5-7-13(8-6-12)15-10-9-14(11-16-15)17(2,3)4;/h5-19,21-30H,1-4H3;5-7,9-11H,1-4H3;/q2*-1;/i;1D3;. The third kappa shape index (κ3) is 8.49. The Morgan fingerprint density at radius 1 is 0.614 bits per heavy atom. The van der Waals surface area contributed by atoms with Gasteiger partial charge in [-0.05, 0) is 102 Å². The van der Waals surface area contributed by atoms with Crippen LogP contribution in [0.5, 0.6) is 0 Å². The van der Waals surface area contributed by atoms with Gasteiger partial charge in [-0.1, -0.05) is 174 Å². The first-order chi connectivity index (χ1) is 34.6. The third-order valence-corrected chi connectivity index (χ3v) is 15.6. The maximum atomic E-state index is 7.35. The molecule has 0 amide bonds. The number of rotatable bonds is 7. The predicted molar refractivity (Wildman–Crippen MR) is 295 cm³/mol. The van der Waals surface area contributed by atoms with Crippen LogP contribution in [-0.2, 0) is 20.1 Å². The van der Waals surface area contributed by atoms with Crippen molar-refractivity contribution in [1.82, 2.24) is 14.5 Å². The minimum Gasteiger partial charge on any atom is -0.501 e. The molecule has 0 spiro atoms. The zero-order valence-corrected chi connectivity index (χ0v) is 43.9. The maximum absolute atomic E-state index is 7.35. The van der Waals surface area contributed by atoms with Crippen LogP contribution in [0.2, 0.25) is 19.6 Å². The van der Waals surface area contributed by atoms with E-state index in [9.17, 15) is 0 Å². The Morgan fingerprint density at radius 3 is 1.97 bits per heavy atom. The van der Waals surface area contributed by atoms with Crippen molar-refractivity contribution in [3.63, 3.8) is 0 Å². The molecule has 0 aliphatic carbocycles. The van der Waals surface area contributed by atoms with Gasteiger partial charge in [0.15, 0.2) is 0 Å². The SMILES string of the molecule is CC(C)c1cc(-c2ccccc2)cc(C(C)C)c1-n1c(-c2[c-]ccc3c2oc2cc4c(ccc5ccccc54)cc23)nc2ccc3ccccc3c21.[2H]C([2H])([2H])c1c[c-]c(-c2ccc([Si](C)(C)C)cn2)cc1.[Ir]. The molecule has 0 aliphatic rings. The van der Waals surface area contributed by atoms with Gasteiger partial charge in [-0.2, -0.15) is 0 Å². The van der Waals surface area contributed by atoms with Crippen LogP contribution in [0, 0.1) is 19.0 Å². The van der Waals surface area contributed by atoms with Crippen LogP contribution in [-0.4, -0.2) is 22.6 Å². The molecule has 347 valence electrons. The van der Waals surface area contributed by atoms with Gasteiger partial charge in [-0.15, -0.1) is 53.6 Å². The van der Waals surface area contributed by atoms with Crippen molar-refractivity contribution in [3.05, 3.63) is 205 Å². The summed E-state index contributed by atoms with van der Waals surface area (Å²) in [5.41, 5.74) is 12.7. The molecule has 0 atom stereocenters. The maximum Gasteiger partial charge on any atom is 0.121 e. The zero-order chi connectivity index (χ0) is 50.1. The molecule has 0 unspecified atom stereocenters. The number of hydrogen-bond donors (Lipinski definition) is 0. The molecule has 12 rings (SSSR count). The molecule has 0 bridgehead atoms. The number of fused-ring (bicyclic) bond motifs is 9. The van der Waals surface area contributed by atoms with Crippen molar-refractivity contribution in [1.29, 1.82) is 0 Å². The van der Waals surface area contributed by atoms with Crippen LogP contribution < -0.4 is 5.19 Å². The van der Waals surface area contributed by atoms with E-state index in [1.165, 1.54) is 71.5 Å². The Balaban J connectivity index is 0.000000246. The van der Waals surface area contributed by atoms with Crippen LogP contribution in [0.25, 0.3) is 105 Å². The quantitative estimate of drug-likeness (QED) is 0.0907. The van der Waals surface area contributed by atoms with E-state index in [1.807, 2.05) is 18.3 Å². The molecule has 6 heteroatoms. The Kier molecular flexibility index (Phi) is 11.5.